The number of carbonyl (C=O) groups is 1. The first kappa shape index (κ1) is 17.6. The monoisotopic (exact) mass is 313 g/mol. The van der Waals surface area contributed by atoms with Crippen molar-refractivity contribution in [1.29, 1.82) is 0 Å². The average molecular weight is 313 g/mol. The van der Waals surface area contributed by atoms with Crippen LogP contribution in [0.4, 0.5) is 5.69 Å². The third kappa shape index (κ3) is 4.80. The minimum atomic E-state index is -3.47. The number of aryl methyl sites for hydroxylation is 2. The van der Waals surface area contributed by atoms with Gasteiger partial charge in [0.15, 0.2) is 0 Å². The Bertz CT molecular complexity index is 612. The number of amides is 1. The molecule has 0 heterocycles. The van der Waals surface area contributed by atoms with E-state index in [1.165, 1.54) is 21.0 Å². The normalized spacial score (nSPS) is 11.7. The molecule has 0 aliphatic rings. The molecule has 7 heteroatoms. The molecule has 1 N–H and O–H groups in total. The maximum atomic E-state index is 11.8. The fraction of sp³-hybridized carbons (Fsp3) is 0.500. The summed E-state index contributed by atoms with van der Waals surface area (Å²) in [5.74, 6) is -0.118. The van der Waals surface area contributed by atoms with E-state index in [0.717, 1.165) is 21.1 Å². The van der Waals surface area contributed by atoms with Crippen molar-refractivity contribution < 1.29 is 13.2 Å². The minimum absolute atomic E-state index is 0.118. The average Bonchev–Trinajstić information content (AvgIpc) is 2.37. The van der Waals surface area contributed by atoms with E-state index in [4.69, 9.17) is 0 Å². The zero-order chi connectivity index (χ0) is 16.2. The maximum Gasteiger partial charge on any atom is 0.278 e. The minimum Gasteiger partial charge on any atom is -0.311 e. The third-order valence-corrected chi connectivity index (χ3v) is 4.67. The second-order valence-corrected chi connectivity index (χ2v) is 7.11. The Labute approximate surface area is 126 Å². The Morgan fingerprint density at radius 2 is 1.86 bits per heavy atom. The number of anilines is 1. The topological polar surface area (TPSA) is 69.7 Å². The Morgan fingerprint density at radius 1 is 1.24 bits per heavy atom. The first-order valence-electron chi connectivity index (χ1n) is 6.67. The van der Waals surface area contributed by atoms with Gasteiger partial charge in [0.05, 0.1) is 0 Å². The van der Waals surface area contributed by atoms with Gasteiger partial charge in [0.1, 0.15) is 0 Å². The molecule has 118 valence electrons. The van der Waals surface area contributed by atoms with E-state index in [2.05, 4.69) is 4.72 Å². The van der Waals surface area contributed by atoms with Crippen LogP contribution in [0.5, 0.6) is 0 Å². The van der Waals surface area contributed by atoms with E-state index >= 15 is 0 Å². The Balaban J connectivity index is 2.85. The van der Waals surface area contributed by atoms with Gasteiger partial charge in [-0.2, -0.15) is 12.7 Å². The Hall–Kier alpha value is -1.44. The summed E-state index contributed by atoms with van der Waals surface area (Å²) in [5, 5.41) is 0. The van der Waals surface area contributed by atoms with Crippen LogP contribution in [0.3, 0.4) is 0 Å². The van der Waals surface area contributed by atoms with Crippen molar-refractivity contribution in [2.24, 2.45) is 0 Å². The maximum absolute atomic E-state index is 11.8. The molecule has 0 spiro atoms. The first-order valence-corrected chi connectivity index (χ1v) is 8.11. The highest BCUT2D eigenvalue weighted by molar-refractivity contribution is 7.87. The van der Waals surface area contributed by atoms with Crippen molar-refractivity contribution in [2.75, 3.05) is 32.1 Å². The lowest BCUT2D eigenvalue weighted by Crippen LogP contribution is -2.41. The molecule has 0 saturated heterocycles. The Kier molecular flexibility index (Phi) is 5.88. The van der Waals surface area contributed by atoms with E-state index < -0.39 is 10.2 Å². The largest absolute Gasteiger partial charge is 0.311 e. The summed E-state index contributed by atoms with van der Waals surface area (Å²) in [6.45, 7) is 5.80. The van der Waals surface area contributed by atoms with Crippen LogP contribution in [-0.2, 0) is 15.0 Å². The Morgan fingerprint density at radius 3 is 2.38 bits per heavy atom. The van der Waals surface area contributed by atoms with Gasteiger partial charge in [-0.05, 0) is 31.0 Å². The molecular weight excluding hydrogens is 290 g/mol. The molecule has 6 nitrogen and oxygen atoms in total. The second-order valence-electron chi connectivity index (χ2n) is 5.14. The number of hydrogen-bond acceptors (Lipinski definition) is 3. The van der Waals surface area contributed by atoms with Gasteiger partial charge in [0, 0.05) is 39.8 Å². The third-order valence-electron chi connectivity index (χ3n) is 3.14. The molecule has 0 radical (unpaired) electrons. The molecular formula is C14H23N3O3S. The molecule has 0 aliphatic carbocycles. The summed E-state index contributed by atoms with van der Waals surface area (Å²) in [6, 6.07) is 5.85. The van der Waals surface area contributed by atoms with Crippen molar-refractivity contribution in [3.63, 3.8) is 0 Å². The van der Waals surface area contributed by atoms with Crippen LogP contribution in [0.15, 0.2) is 18.2 Å². The zero-order valence-electron chi connectivity index (χ0n) is 13.2. The van der Waals surface area contributed by atoms with E-state index in [1.807, 2.05) is 32.0 Å². The molecule has 0 aromatic heterocycles. The van der Waals surface area contributed by atoms with Gasteiger partial charge >= 0.3 is 0 Å². The molecule has 0 fully saturated rings. The molecule has 0 unspecified atom stereocenters. The van der Waals surface area contributed by atoms with Crippen molar-refractivity contribution in [2.45, 2.75) is 20.8 Å². The number of benzene rings is 1. The van der Waals surface area contributed by atoms with Crippen molar-refractivity contribution in [3.8, 4) is 0 Å². The quantitative estimate of drug-likeness (QED) is 0.853. The molecule has 1 rings (SSSR count). The number of rotatable bonds is 6. The van der Waals surface area contributed by atoms with Gasteiger partial charge in [-0.3, -0.25) is 4.79 Å². The van der Waals surface area contributed by atoms with Gasteiger partial charge in [0.25, 0.3) is 10.2 Å². The second kappa shape index (κ2) is 7.02. The molecule has 1 amide bonds. The number of hydrogen-bond donors (Lipinski definition) is 1. The predicted molar refractivity (Wildman–Crippen MR) is 84.6 cm³/mol. The summed E-state index contributed by atoms with van der Waals surface area (Å²) < 4.78 is 26.9. The van der Waals surface area contributed by atoms with Crippen molar-refractivity contribution >= 4 is 21.8 Å². The lowest BCUT2D eigenvalue weighted by molar-refractivity contribution is -0.116. The molecule has 0 atom stereocenters. The summed E-state index contributed by atoms with van der Waals surface area (Å²) >= 11 is 0. The lowest BCUT2D eigenvalue weighted by atomic mass is 10.1. The first-order chi connectivity index (χ1) is 9.65. The fourth-order valence-corrected chi connectivity index (χ4v) is 2.48. The smallest absolute Gasteiger partial charge is 0.278 e. The summed E-state index contributed by atoms with van der Waals surface area (Å²) in [7, 11) is -0.566. The van der Waals surface area contributed by atoms with Crippen molar-refractivity contribution in [3.05, 3.63) is 29.3 Å². The van der Waals surface area contributed by atoms with Gasteiger partial charge < -0.3 is 4.90 Å². The standard InChI is InChI=1S/C14H23N3O3S/c1-11-6-7-12(2)14(10-11)17(13(3)18)9-8-15-21(19,20)16(4)5/h6-7,10,15H,8-9H2,1-5H3. The van der Waals surface area contributed by atoms with Gasteiger partial charge in [-0.15, -0.1) is 0 Å². The van der Waals surface area contributed by atoms with Crippen LogP contribution in [0, 0.1) is 13.8 Å². The number of nitrogens with one attached hydrogen (secondary N) is 1. The fourth-order valence-electron chi connectivity index (χ4n) is 1.87. The van der Waals surface area contributed by atoms with Crippen LogP contribution in [0.2, 0.25) is 0 Å². The summed E-state index contributed by atoms with van der Waals surface area (Å²) in [5.41, 5.74) is 2.84. The highest BCUT2D eigenvalue weighted by Crippen LogP contribution is 2.21. The van der Waals surface area contributed by atoms with Crippen LogP contribution >= 0.6 is 0 Å². The predicted octanol–water partition coefficient (Wildman–Crippen LogP) is 1.05. The molecule has 1 aromatic carbocycles. The highest BCUT2D eigenvalue weighted by Gasteiger charge is 2.16. The van der Waals surface area contributed by atoms with Gasteiger partial charge in [-0.1, -0.05) is 12.1 Å². The SMILES string of the molecule is CC(=O)N(CCNS(=O)(=O)N(C)C)c1cc(C)ccc1C. The molecule has 0 saturated carbocycles. The van der Waals surface area contributed by atoms with E-state index in [1.54, 1.807) is 4.90 Å². The molecule has 0 bridgehead atoms. The summed E-state index contributed by atoms with van der Waals surface area (Å²) in [4.78, 5) is 13.4. The van der Waals surface area contributed by atoms with Crippen LogP contribution in [0.25, 0.3) is 0 Å². The van der Waals surface area contributed by atoms with E-state index in [-0.39, 0.29) is 19.0 Å². The number of carbonyl (C=O) groups excluding carboxylic acids is 1. The van der Waals surface area contributed by atoms with Crippen LogP contribution < -0.4 is 9.62 Å². The van der Waals surface area contributed by atoms with Crippen molar-refractivity contribution in [1.82, 2.24) is 9.03 Å². The van der Waals surface area contributed by atoms with E-state index in [0.29, 0.717) is 0 Å². The molecule has 0 aliphatic heterocycles. The van der Waals surface area contributed by atoms with Gasteiger partial charge in [-0.25, -0.2) is 4.72 Å². The van der Waals surface area contributed by atoms with Crippen LogP contribution in [-0.4, -0.2) is 45.8 Å². The summed E-state index contributed by atoms with van der Waals surface area (Å²) in [6.07, 6.45) is 0. The molecule has 1 aromatic rings. The zero-order valence-corrected chi connectivity index (χ0v) is 14.0. The van der Waals surface area contributed by atoms with Crippen LogP contribution in [0.1, 0.15) is 18.1 Å². The molecule has 21 heavy (non-hydrogen) atoms. The highest BCUT2D eigenvalue weighted by atomic mass is 32.2. The number of nitrogens with zero attached hydrogens (tertiary/aromatic N) is 2. The van der Waals surface area contributed by atoms with E-state index in [9.17, 15) is 13.2 Å². The van der Waals surface area contributed by atoms with Gasteiger partial charge in [0.2, 0.25) is 5.91 Å². The lowest BCUT2D eigenvalue weighted by Gasteiger charge is -2.24.